The first-order valence-corrected chi connectivity index (χ1v) is 6.29. The SMILES string of the molecule is COc1ccccc1-c1nn(-c2ncccn2)cc1C=O. The van der Waals surface area contributed by atoms with Gasteiger partial charge >= 0.3 is 0 Å². The highest BCUT2D eigenvalue weighted by Crippen LogP contribution is 2.30. The van der Waals surface area contributed by atoms with E-state index in [1.807, 2.05) is 24.3 Å². The van der Waals surface area contributed by atoms with Crippen molar-refractivity contribution in [2.24, 2.45) is 0 Å². The Morgan fingerprint density at radius 3 is 2.62 bits per heavy atom. The molecule has 3 rings (SSSR count). The maximum Gasteiger partial charge on any atom is 0.250 e. The number of rotatable bonds is 4. The van der Waals surface area contributed by atoms with E-state index in [2.05, 4.69) is 15.1 Å². The summed E-state index contributed by atoms with van der Waals surface area (Å²) >= 11 is 0. The van der Waals surface area contributed by atoms with Crippen LogP contribution in [0.5, 0.6) is 5.75 Å². The molecule has 2 heterocycles. The van der Waals surface area contributed by atoms with Crippen LogP contribution in [0.15, 0.2) is 48.9 Å². The van der Waals surface area contributed by atoms with Crippen LogP contribution in [-0.2, 0) is 0 Å². The predicted octanol–water partition coefficient (Wildman–Crippen LogP) is 2.15. The molecule has 6 nitrogen and oxygen atoms in total. The molecular formula is C15H12N4O2. The topological polar surface area (TPSA) is 69.9 Å². The Kier molecular flexibility index (Phi) is 3.42. The molecule has 0 aliphatic rings. The standard InChI is InChI=1S/C15H12N4O2/c1-21-13-6-3-2-5-12(13)14-11(10-20)9-19(18-14)15-16-7-4-8-17-15/h2-10H,1H3. The summed E-state index contributed by atoms with van der Waals surface area (Å²) in [7, 11) is 1.58. The molecule has 104 valence electrons. The molecule has 0 bridgehead atoms. The maximum absolute atomic E-state index is 11.3. The number of para-hydroxylation sites is 1. The van der Waals surface area contributed by atoms with Gasteiger partial charge in [0.05, 0.1) is 12.7 Å². The molecule has 2 aromatic heterocycles. The third-order valence-corrected chi connectivity index (χ3v) is 2.99. The van der Waals surface area contributed by atoms with E-state index in [0.29, 0.717) is 23.0 Å². The van der Waals surface area contributed by atoms with Crippen LogP contribution in [0.4, 0.5) is 0 Å². The minimum absolute atomic E-state index is 0.404. The number of hydrogen-bond acceptors (Lipinski definition) is 5. The van der Waals surface area contributed by atoms with E-state index in [1.54, 1.807) is 31.8 Å². The molecule has 0 fully saturated rings. The molecule has 6 heteroatoms. The number of aldehydes is 1. The lowest BCUT2D eigenvalue weighted by Crippen LogP contribution is -2.00. The predicted molar refractivity (Wildman–Crippen MR) is 76.5 cm³/mol. The second kappa shape index (κ2) is 5.54. The van der Waals surface area contributed by atoms with Crippen molar-refractivity contribution in [2.75, 3.05) is 7.11 Å². The van der Waals surface area contributed by atoms with Gasteiger partial charge in [-0.15, -0.1) is 0 Å². The molecule has 0 aliphatic heterocycles. The Morgan fingerprint density at radius 2 is 1.90 bits per heavy atom. The summed E-state index contributed by atoms with van der Waals surface area (Å²) in [5.41, 5.74) is 1.73. The first kappa shape index (κ1) is 13.0. The van der Waals surface area contributed by atoms with Crippen LogP contribution in [0.3, 0.4) is 0 Å². The number of methoxy groups -OCH3 is 1. The summed E-state index contributed by atoms with van der Waals surface area (Å²) in [6, 6.07) is 9.12. The summed E-state index contributed by atoms with van der Waals surface area (Å²) in [5, 5.41) is 4.41. The average molecular weight is 280 g/mol. The molecular weight excluding hydrogens is 268 g/mol. The fraction of sp³-hybridized carbons (Fsp3) is 0.0667. The monoisotopic (exact) mass is 280 g/mol. The van der Waals surface area contributed by atoms with E-state index in [0.717, 1.165) is 11.8 Å². The van der Waals surface area contributed by atoms with Gasteiger partial charge in [0.25, 0.3) is 0 Å². The molecule has 0 aliphatic carbocycles. The van der Waals surface area contributed by atoms with Gasteiger partial charge in [-0.05, 0) is 18.2 Å². The van der Waals surface area contributed by atoms with E-state index in [-0.39, 0.29) is 0 Å². The third kappa shape index (κ3) is 2.38. The van der Waals surface area contributed by atoms with Crippen molar-refractivity contribution in [2.45, 2.75) is 0 Å². The summed E-state index contributed by atoms with van der Waals surface area (Å²) in [6.45, 7) is 0. The van der Waals surface area contributed by atoms with E-state index in [1.165, 1.54) is 4.68 Å². The highest BCUT2D eigenvalue weighted by Gasteiger charge is 2.15. The zero-order valence-electron chi connectivity index (χ0n) is 11.3. The number of nitrogens with zero attached hydrogens (tertiary/aromatic N) is 4. The molecule has 0 radical (unpaired) electrons. The lowest BCUT2D eigenvalue weighted by molar-refractivity contribution is 0.112. The molecule has 3 aromatic rings. The number of benzene rings is 1. The fourth-order valence-corrected chi connectivity index (χ4v) is 2.04. The molecule has 0 saturated heterocycles. The van der Waals surface area contributed by atoms with Gasteiger partial charge < -0.3 is 4.74 Å². The molecule has 0 amide bonds. The third-order valence-electron chi connectivity index (χ3n) is 2.99. The molecule has 0 saturated carbocycles. The molecule has 0 N–H and O–H groups in total. The van der Waals surface area contributed by atoms with Crippen molar-refractivity contribution < 1.29 is 9.53 Å². The Labute approximate surface area is 121 Å². The highest BCUT2D eigenvalue weighted by atomic mass is 16.5. The van der Waals surface area contributed by atoms with Gasteiger partial charge in [-0.25, -0.2) is 14.6 Å². The molecule has 1 aromatic carbocycles. The van der Waals surface area contributed by atoms with Crippen LogP contribution in [-0.4, -0.2) is 33.1 Å². The summed E-state index contributed by atoms with van der Waals surface area (Å²) in [4.78, 5) is 19.5. The number of carbonyl (C=O) groups excluding carboxylic acids is 1. The first-order valence-electron chi connectivity index (χ1n) is 6.29. The Hall–Kier alpha value is -3.02. The zero-order valence-corrected chi connectivity index (χ0v) is 11.3. The van der Waals surface area contributed by atoms with Crippen LogP contribution in [0, 0.1) is 0 Å². The van der Waals surface area contributed by atoms with Crippen molar-refractivity contribution in [1.82, 2.24) is 19.7 Å². The van der Waals surface area contributed by atoms with E-state index in [9.17, 15) is 4.79 Å². The molecule has 0 atom stereocenters. The smallest absolute Gasteiger partial charge is 0.250 e. The van der Waals surface area contributed by atoms with Gasteiger partial charge in [0.1, 0.15) is 11.4 Å². The summed E-state index contributed by atoms with van der Waals surface area (Å²) in [6.07, 6.45) is 5.60. The van der Waals surface area contributed by atoms with Crippen molar-refractivity contribution in [3.8, 4) is 23.0 Å². The fourth-order valence-electron chi connectivity index (χ4n) is 2.04. The number of hydrogen-bond donors (Lipinski definition) is 0. The zero-order chi connectivity index (χ0) is 14.7. The quantitative estimate of drug-likeness (QED) is 0.685. The van der Waals surface area contributed by atoms with Crippen molar-refractivity contribution in [1.29, 1.82) is 0 Å². The average Bonchev–Trinajstić information content (AvgIpc) is 2.99. The second-order valence-electron chi connectivity index (χ2n) is 4.24. The van der Waals surface area contributed by atoms with Crippen LogP contribution < -0.4 is 4.74 Å². The number of ether oxygens (including phenoxy) is 1. The number of carbonyl (C=O) groups is 1. The Balaban J connectivity index is 2.15. The minimum atomic E-state index is 0.404. The largest absolute Gasteiger partial charge is 0.496 e. The van der Waals surface area contributed by atoms with Crippen molar-refractivity contribution >= 4 is 6.29 Å². The van der Waals surface area contributed by atoms with E-state index >= 15 is 0 Å². The number of aromatic nitrogens is 4. The normalized spacial score (nSPS) is 10.3. The summed E-state index contributed by atoms with van der Waals surface area (Å²) < 4.78 is 6.80. The lowest BCUT2D eigenvalue weighted by Gasteiger charge is -2.05. The van der Waals surface area contributed by atoms with Crippen LogP contribution in [0.2, 0.25) is 0 Å². The van der Waals surface area contributed by atoms with Crippen LogP contribution in [0.25, 0.3) is 17.2 Å². The van der Waals surface area contributed by atoms with E-state index < -0.39 is 0 Å². The van der Waals surface area contributed by atoms with Gasteiger partial charge in [-0.1, -0.05) is 12.1 Å². The van der Waals surface area contributed by atoms with Gasteiger partial charge in [0.2, 0.25) is 5.95 Å². The van der Waals surface area contributed by atoms with Crippen LogP contribution >= 0.6 is 0 Å². The first-order chi connectivity index (χ1) is 10.3. The van der Waals surface area contributed by atoms with Crippen molar-refractivity contribution in [3.05, 3.63) is 54.5 Å². The van der Waals surface area contributed by atoms with Gasteiger partial charge in [0, 0.05) is 24.2 Å². The van der Waals surface area contributed by atoms with Gasteiger partial charge in [0.15, 0.2) is 6.29 Å². The van der Waals surface area contributed by atoms with Gasteiger partial charge in [-0.3, -0.25) is 4.79 Å². The summed E-state index contributed by atoms with van der Waals surface area (Å²) in [5.74, 6) is 1.06. The molecule has 0 unspecified atom stereocenters. The molecule has 21 heavy (non-hydrogen) atoms. The minimum Gasteiger partial charge on any atom is -0.496 e. The Bertz CT molecular complexity index is 768. The maximum atomic E-state index is 11.3. The second-order valence-corrected chi connectivity index (χ2v) is 4.24. The van der Waals surface area contributed by atoms with E-state index in [4.69, 9.17) is 4.74 Å². The van der Waals surface area contributed by atoms with Crippen molar-refractivity contribution in [3.63, 3.8) is 0 Å². The van der Waals surface area contributed by atoms with Crippen LogP contribution in [0.1, 0.15) is 10.4 Å². The van der Waals surface area contributed by atoms with Gasteiger partial charge in [-0.2, -0.15) is 5.10 Å². The molecule has 0 spiro atoms. The lowest BCUT2D eigenvalue weighted by atomic mass is 10.1. The highest BCUT2D eigenvalue weighted by molar-refractivity contribution is 5.87. The Morgan fingerprint density at radius 1 is 1.14 bits per heavy atom.